The number of hydrogen-bond donors (Lipinski definition) is 1. The first-order chi connectivity index (χ1) is 7.34. The summed E-state index contributed by atoms with van der Waals surface area (Å²) in [5.74, 6) is -1.79. The van der Waals surface area contributed by atoms with E-state index in [1.165, 1.54) is 6.92 Å². The number of primary amides is 1. The Bertz CT molecular complexity index is 427. The molecule has 2 N–H and O–H groups in total. The van der Waals surface area contributed by atoms with Crippen molar-refractivity contribution in [2.75, 3.05) is 0 Å². The van der Waals surface area contributed by atoms with Gasteiger partial charge in [-0.3, -0.25) is 4.79 Å². The molecular formula is C8H7F2N3O3. The van der Waals surface area contributed by atoms with E-state index in [-0.39, 0.29) is 11.1 Å². The highest BCUT2D eigenvalue weighted by atomic mass is 19.3. The number of nitrogens with zero attached hydrogens (tertiary/aromatic N) is 2. The predicted octanol–water partition coefficient (Wildman–Crippen LogP) is 1.33. The maximum absolute atomic E-state index is 12.3. The Morgan fingerprint density at radius 1 is 1.62 bits per heavy atom. The number of aromatic nitrogens is 1. The van der Waals surface area contributed by atoms with Crippen LogP contribution < -0.4 is 5.73 Å². The Kier molecular flexibility index (Phi) is 3.11. The summed E-state index contributed by atoms with van der Waals surface area (Å²) >= 11 is 0. The van der Waals surface area contributed by atoms with Gasteiger partial charge >= 0.3 is 12.2 Å². The average Bonchev–Trinajstić information content (AvgIpc) is 2.16. The Balaban J connectivity index is 3.51. The molecule has 0 radical (unpaired) electrons. The summed E-state index contributed by atoms with van der Waals surface area (Å²) < 4.78 is 24.7. The Hall–Kier alpha value is -2.12. The number of carbonyl (C=O) groups excluding carboxylic acids is 1. The summed E-state index contributed by atoms with van der Waals surface area (Å²) in [6.07, 6.45) is -3.00. The molecule has 0 atom stereocenters. The first-order valence-corrected chi connectivity index (χ1v) is 4.08. The fourth-order valence-electron chi connectivity index (χ4n) is 1.16. The molecule has 1 amide bonds. The number of hydrogen-bond acceptors (Lipinski definition) is 4. The molecule has 1 heterocycles. The van der Waals surface area contributed by atoms with Gasteiger partial charge in [0.05, 0.1) is 11.1 Å². The molecule has 1 aromatic heterocycles. The fraction of sp³-hybridized carbons (Fsp3) is 0.250. The summed E-state index contributed by atoms with van der Waals surface area (Å²) in [4.78, 5) is 23.6. The first-order valence-electron chi connectivity index (χ1n) is 4.08. The van der Waals surface area contributed by atoms with Gasteiger partial charge in [0.15, 0.2) is 0 Å². The van der Waals surface area contributed by atoms with Gasteiger partial charge in [-0.25, -0.2) is 8.78 Å². The molecule has 0 aliphatic rings. The van der Waals surface area contributed by atoms with E-state index in [4.69, 9.17) is 5.73 Å². The standard InChI is InChI=1S/C8H7F2N3O3/c1-3-4(7(11)14)2-5(6(9)10)12-8(3)13(15)16/h2,6H,1H3,(H2,11,14). The molecule has 6 nitrogen and oxygen atoms in total. The monoisotopic (exact) mass is 231 g/mol. The zero-order valence-electron chi connectivity index (χ0n) is 8.11. The van der Waals surface area contributed by atoms with Crippen LogP contribution in [0.5, 0.6) is 0 Å². The van der Waals surface area contributed by atoms with Crippen molar-refractivity contribution in [2.45, 2.75) is 13.3 Å². The highest BCUT2D eigenvalue weighted by Crippen LogP contribution is 2.25. The molecule has 0 saturated heterocycles. The van der Waals surface area contributed by atoms with E-state index in [1.807, 2.05) is 0 Å². The average molecular weight is 231 g/mol. The lowest BCUT2D eigenvalue weighted by atomic mass is 10.1. The second-order valence-corrected chi connectivity index (χ2v) is 2.97. The fourth-order valence-corrected chi connectivity index (χ4v) is 1.16. The minimum Gasteiger partial charge on any atom is -0.366 e. The third-order valence-electron chi connectivity index (χ3n) is 1.93. The van der Waals surface area contributed by atoms with Crippen LogP contribution in [0.3, 0.4) is 0 Å². The molecule has 0 unspecified atom stereocenters. The van der Waals surface area contributed by atoms with E-state index >= 15 is 0 Å². The highest BCUT2D eigenvalue weighted by Gasteiger charge is 2.25. The van der Waals surface area contributed by atoms with Gasteiger partial charge in [-0.2, -0.15) is 0 Å². The second-order valence-electron chi connectivity index (χ2n) is 2.97. The van der Waals surface area contributed by atoms with Gasteiger partial charge < -0.3 is 15.8 Å². The molecule has 0 bridgehead atoms. The molecule has 0 aliphatic heterocycles. The van der Waals surface area contributed by atoms with Crippen LogP contribution in [0.15, 0.2) is 6.07 Å². The maximum Gasteiger partial charge on any atom is 0.367 e. The van der Waals surface area contributed by atoms with Gasteiger partial charge in [0.2, 0.25) is 11.6 Å². The second kappa shape index (κ2) is 4.17. The number of alkyl halides is 2. The number of rotatable bonds is 3. The van der Waals surface area contributed by atoms with Crippen LogP contribution in [0, 0.1) is 17.0 Å². The summed E-state index contributed by atoms with van der Waals surface area (Å²) in [6, 6.07) is 0.759. The van der Waals surface area contributed by atoms with Gasteiger partial charge in [0.1, 0.15) is 0 Å². The van der Waals surface area contributed by atoms with E-state index < -0.39 is 28.8 Å². The van der Waals surface area contributed by atoms with Gasteiger partial charge in [0.25, 0.3) is 0 Å². The van der Waals surface area contributed by atoms with Gasteiger partial charge in [-0.1, -0.05) is 0 Å². The smallest absolute Gasteiger partial charge is 0.366 e. The normalized spacial score (nSPS) is 10.5. The number of carbonyl (C=O) groups is 1. The van der Waals surface area contributed by atoms with Crippen LogP contribution in [-0.2, 0) is 0 Å². The number of nitrogens with two attached hydrogens (primary N) is 1. The molecule has 86 valence electrons. The predicted molar refractivity (Wildman–Crippen MR) is 49.1 cm³/mol. The maximum atomic E-state index is 12.3. The molecule has 1 rings (SSSR count). The van der Waals surface area contributed by atoms with Crippen molar-refractivity contribution in [3.8, 4) is 0 Å². The van der Waals surface area contributed by atoms with Gasteiger partial charge in [0, 0.05) is 6.07 Å². The number of pyridine rings is 1. The zero-order valence-corrected chi connectivity index (χ0v) is 8.11. The lowest BCUT2D eigenvalue weighted by molar-refractivity contribution is -0.390. The summed E-state index contributed by atoms with van der Waals surface area (Å²) in [5, 5.41) is 10.5. The molecule has 1 aromatic rings. The molecule has 0 aromatic carbocycles. The van der Waals surface area contributed by atoms with Gasteiger partial charge in [-0.05, 0) is 16.8 Å². The van der Waals surface area contributed by atoms with E-state index in [1.54, 1.807) is 0 Å². The minimum absolute atomic E-state index is 0.123. The highest BCUT2D eigenvalue weighted by molar-refractivity contribution is 5.95. The van der Waals surface area contributed by atoms with E-state index in [2.05, 4.69) is 4.98 Å². The molecule has 0 fully saturated rings. The van der Waals surface area contributed by atoms with Crippen LogP contribution in [0.2, 0.25) is 0 Å². The molecule has 8 heteroatoms. The summed E-state index contributed by atoms with van der Waals surface area (Å²) in [5.41, 5.74) is 3.63. The van der Waals surface area contributed by atoms with Crippen LogP contribution in [0.1, 0.15) is 28.0 Å². The Labute approximate surface area is 88.2 Å². The van der Waals surface area contributed by atoms with E-state index in [0.717, 1.165) is 6.07 Å². The Morgan fingerprint density at radius 3 is 2.56 bits per heavy atom. The first kappa shape index (κ1) is 12.0. The van der Waals surface area contributed by atoms with Crippen LogP contribution in [0.4, 0.5) is 14.6 Å². The summed E-state index contributed by atoms with van der Waals surface area (Å²) in [6.45, 7) is 1.22. The van der Waals surface area contributed by atoms with Gasteiger partial charge in [-0.15, -0.1) is 0 Å². The summed E-state index contributed by atoms with van der Waals surface area (Å²) in [7, 11) is 0. The van der Waals surface area contributed by atoms with Crippen molar-refractivity contribution in [1.29, 1.82) is 0 Å². The van der Waals surface area contributed by atoms with E-state index in [0.29, 0.717) is 0 Å². The topological polar surface area (TPSA) is 99.1 Å². The van der Waals surface area contributed by atoms with Crippen molar-refractivity contribution in [3.05, 3.63) is 33.0 Å². The van der Waals surface area contributed by atoms with Crippen molar-refractivity contribution >= 4 is 11.7 Å². The largest absolute Gasteiger partial charge is 0.367 e. The minimum atomic E-state index is -3.00. The molecular weight excluding hydrogens is 224 g/mol. The van der Waals surface area contributed by atoms with Crippen LogP contribution in [0.25, 0.3) is 0 Å². The number of nitro groups is 1. The van der Waals surface area contributed by atoms with Crippen LogP contribution >= 0.6 is 0 Å². The molecule has 0 aliphatic carbocycles. The SMILES string of the molecule is Cc1c(C(N)=O)cc(C(F)F)nc1[N+](=O)[O-]. The molecule has 0 saturated carbocycles. The van der Waals surface area contributed by atoms with E-state index in [9.17, 15) is 23.7 Å². The third kappa shape index (κ3) is 2.10. The lowest BCUT2D eigenvalue weighted by Crippen LogP contribution is -2.15. The van der Waals surface area contributed by atoms with Crippen molar-refractivity contribution in [1.82, 2.24) is 4.98 Å². The molecule has 0 spiro atoms. The van der Waals surface area contributed by atoms with Crippen molar-refractivity contribution < 1.29 is 18.5 Å². The number of halogens is 2. The zero-order chi connectivity index (χ0) is 12.5. The lowest BCUT2D eigenvalue weighted by Gasteiger charge is -2.03. The quantitative estimate of drug-likeness (QED) is 0.626. The third-order valence-corrected chi connectivity index (χ3v) is 1.93. The van der Waals surface area contributed by atoms with Crippen molar-refractivity contribution in [3.63, 3.8) is 0 Å². The Morgan fingerprint density at radius 2 is 2.19 bits per heavy atom. The van der Waals surface area contributed by atoms with Crippen molar-refractivity contribution in [2.24, 2.45) is 5.73 Å². The number of amides is 1. The van der Waals surface area contributed by atoms with Crippen LogP contribution in [-0.4, -0.2) is 15.8 Å². The molecule has 16 heavy (non-hydrogen) atoms.